The van der Waals surface area contributed by atoms with E-state index in [1.165, 1.54) is 0 Å². The smallest absolute Gasteiger partial charge is 0.242 e. The molecule has 0 aromatic carbocycles. The number of hydrogen-bond donors (Lipinski definition) is 3. The monoisotopic (exact) mass is 229 g/mol. The standard InChI is InChI=1S/C10H19N3O3/c1-10(2,9(11)15)13-8(14)6-4-16-5-7(6)12-3/h6-7,12H,4-5H2,1-3H3,(H2,11,15)(H,13,14). The van der Waals surface area contributed by atoms with Gasteiger partial charge in [0.2, 0.25) is 11.8 Å². The molecule has 0 saturated carbocycles. The van der Waals surface area contributed by atoms with Gasteiger partial charge in [0.15, 0.2) is 0 Å². The van der Waals surface area contributed by atoms with Crippen molar-refractivity contribution in [2.24, 2.45) is 11.7 Å². The molecule has 1 rings (SSSR count). The molecule has 0 aliphatic carbocycles. The van der Waals surface area contributed by atoms with E-state index in [0.717, 1.165) is 0 Å². The molecule has 4 N–H and O–H groups in total. The van der Waals surface area contributed by atoms with Crippen molar-refractivity contribution in [3.05, 3.63) is 0 Å². The van der Waals surface area contributed by atoms with Crippen molar-refractivity contribution in [1.82, 2.24) is 10.6 Å². The van der Waals surface area contributed by atoms with Crippen molar-refractivity contribution >= 4 is 11.8 Å². The molecule has 0 aromatic heterocycles. The number of carbonyl (C=O) groups is 2. The van der Waals surface area contributed by atoms with Gasteiger partial charge >= 0.3 is 0 Å². The Morgan fingerprint density at radius 1 is 1.38 bits per heavy atom. The van der Waals surface area contributed by atoms with Gasteiger partial charge in [-0.05, 0) is 20.9 Å². The van der Waals surface area contributed by atoms with Crippen LogP contribution in [0.25, 0.3) is 0 Å². The Morgan fingerprint density at radius 2 is 2.00 bits per heavy atom. The first-order valence-corrected chi connectivity index (χ1v) is 5.25. The second-order valence-corrected chi connectivity index (χ2v) is 4.52. The van der Waals surface area contributed by atoms with E-state index in [1.54, 1.807) is 20.9 Å². The first-order valence-electron chi connectivity index (χ1n) is 5.25. The number of carbonyl (C=O) groups excluding carboxylic acids is 2. The highest BCUT2D eigenvalue weighted by Gasteiger charge is 2.36. The average Bonchev–Trinajstić information content (AvgIpc) is 2.64. The summed E-state index contributed by atoms with van der Waals surface area (Å²) in [5.41, 5.74) is 4.15. The van der Waals surface area contributed by atoms with E-state index in [2.05, 4.69) is 10.6 Å². The van der Waals surface area contributed by atoms with Crippen molar-refractivity contribution in [1.29, 1.82) is 0 Å². The van der Waals surface area contributed by atoms with Crippen LogP contribution in [-0.4, -0.2) is 43.7 Å². The second-order valence-electron chi connectivity index (χ2n) is 4.52. The van der Waals surface area contributed by atoms with Crippen LogP contribution in [0, 0.1) is 5.92 Å². The van der Waals surface area contributed by atoms with E-state index in [-0.39, 0.29) is 17.9 Å². The molecule has 2 atom stereocenters. The molecule has 0 bridgehead atoms. The zero-order chi connectivity index (χ0) is 12.3. The van der Waals surface area contributed by atoms with E-state index in [0.29, 0.717) is 13.2 Å². The highest BCUT2D eigenvalue weighted by molar-refractivity contribution is 5.90. The Bertz CT molecular complexity index is 291. The van der Waals surface area contributed by atoms with E-state index >= 15 is 0 Å². The summed E-state index contributed by atoms with van der Waals surface area (Å²) in [5.74, 6) is -1.04. The van der Waals surface area contributed by atoms with Crippen LogP contribution in [0.1, 0.15) is 13.8 Å². The quantitative estimate of drug-likeness (QED) is 0.553. The largest absolute Gasteiger partial charge is 0.379 e. The fourth-order valence-corrected chi connectivity index (χ4v) is 1.56. The molecule has 92 valence electrons. The van der Waals surface area contributed by atoms with Crippen LogP contribution in [0.4, 0.5) is 0 Å². The molecule has 16 heavy (non-hydrogen) atoms. The summed E-state index contributed by atoms with van der Waals surface area (Å²) < 4.78 is 5.22. The third-order valence-electron chi connectivity index (χ3n) is 2.84. The van der Waals surface area contributed by atoms with Gasteiger partial charge in [-0.1, -0.05) is 0 Å². The molecule has 0 aromatic rings. The molecule has 2 unspecified atom stereocenters. The molecule has 2 amide bonds. The molecule has 6 nitrogen and oxygen atoms in total. The second kappa shape index (κ2) is 4.80. The lowest BCUT2D eigenvalue weighted by Crippen LogP contribution is -2.56. The SMILES string of the molecule is CNC1COCC1C(=O)NC(C)(C)C(N)=O. The van der Waals surface area contributed by atoms with Crippen molar-refractivity contribution < 1.29 is 14.3 Å². The molecule has 6 heteroatoms. The molecular formula is C10H19N3O3. The molecule has 1 aliphatic rings. The molecule has 0 radical (unpaired) electrons. The van der Waals surface area contributed by atoms with Crippen LogP contribution in [0.5, 0.6) is 0 Å². The van der Waals surface area contributed by atoms with Gasteiger partial charge in [0.25, 0.3) is 0 Å². The van der Waals surface area contributed by atoms with Crippen LogP contribution >= 0.6 is 0 Å². The normalized spacial score (nSPS) is 25.4. The molecule has 1 heterocycles. The van der Waals surface area contributed by atoms with E-state index in [4.69, 9.17) is 10.5 Å². The maximum Gasteiger partial charge on any atom is 0.242 e. The fraction of sp³-hybridized carbons (Fsp3) is 0.800. The summed E-state index contributed by atoms with van der Waals surface area (Å²) in [5, 5.41) is 5.64. The van der Waals surface area contributed by atoms with Crippen molar-refractivity contribution in [3.63, 3.8) is 0 Å². The Hall–Kier alpha value is -1.14. The van der Waals surface area contributed by atoms with E-state index in [1.807, 2.05) is 0 Å². The first-order chi connectivity index (χ1) is 7.38. The van der Waals surface area contributed by atoms with Crippen molar-refractivity contribution in [2.45, 2.75) is 25.4 Å². The number of ether oxygens (including phenoxy) is 1. The number of nitrogens with two attached hydrogens (primary N) is 1. The summed E-state index contributed by atoms with van der Waals surface area (Å²) in [6, 6.07) is -0.0105. The highest BCUT2D eigenvalue weighted by Crippen LogP contribution is 2.15. The minimum atomic E-state index is -1.03. The Balaban J connectivity index is 2.62. The molecule has 1 fully saturated rings. The first kappa shape index (κ1) is 12.9. The topological polar surface area (TPSA) is 93.4 Å². The molecule has 0 spiro atoms. The minimum Gasteiger partial charge on any atom is -0.379 e. The Labute approximate surface area is 94.9 Å². The van der Waals surface area contributed by atoms with Crippen LogP contribution < -0.4 is 16.4 Å². The summed E-state index contributed by atoms with van der Waals surface area (Å²) in [7, 11) is 1.78. The maximum absolute atomic E-state index is 11.9. The number of hydrogen-bond acceptors (Lipinski definition) is 4. The van der Waals surface area contributed by atoms with Crippen LogP contribution in [0.3, 0.4) is 0 Å². The molecular weight excluding hydrogens is 210 g/mol. The number of rotatable bonds is 4. The zero-order valence-corrected chi connectivity index (χ0v) is 9.87. The average molecular weight is 229 g/mol. The lowest BCUT2D eigenvalue weighted by molar-refractivity contribution is -0.132. The van der Waals surface area contributed by atoms with E-state index in [9.17, 15) is 9.59 Å². The minimum absolute atomic E-state index is 0.0105. The predicted molar refractivity (Wildman–Crippen MR) is 58.6 cm³/mol. The molecule has 1 aliphatic heterocycles. The van der Waals surface area contributed by atoms with Gasteiger partial charge in [-0.15, -0.1) is 0 Å². The van der Waals surface area contributed by atoms with Gasteiger partial charge in [-0.3, -0.25) is 9.59 Å². The van der Waals surface area contributed by atoms with Gasteiger partial charge in [0.05, 0.1) is 19.1 Å². The number of nitrogens with one attached hydrogen (secondary N) is 2. The van der Waals surface area contributed by atoms with Crippen molar-refractivity contribution in [2.75, 3.05) is 20.3 Å². The third kappa shape index (κ3) is 2.70. The maximum atomic E-state index is 11.9. The van der Waals surface area contributed by atoms with Gasteiger partial charge in [-0.2, -0.15) is 0 Å². The van der Waals surface area contributed by atoms with Gasteiger partial charge < -0.3 is 21.1 Å². The highest BCUT2D eigenvalue weighted by atomic mass is 16.5. The van der Waals surface area contributed by atoms with Gasteiger partial charge in [0, 0.05) is 6.04 Å². The number of likely N-dealkylation sites (N-methyl/N-ethyl adjacent to an activating group) is 1. The lowest BCUT2D eigenvalue weighted by atomic mass is 9.99. The Kier molecular flexibility index (Phi) is 3.88. The number of primary amides is 1. The van der Waals surface area contributed by atoms with Crippen molar-refractivity contribution in [3.8, 4) is 0 Å². The predicted octanol–water partition coefficient (Wildman–Crippen LogP) is -1.40. The zero-order valence-electron chi connectivity index (χ0n) is 9.87. The molecule has 1 saturated heterocycles. The summed E-state index contributed by atoms with van der Waals surface area (Å²) in [4.78, 5) is 23.0. The van der Waals surface area contributed by atoms with E-state index < -0.39 is 11.4 Å². The summed E-state index contributed by atoms with van der Waals surface area (Å²) in [6.45, 7) is 4.03. The van der Waals surface area contributed by atoms with Crippen LogP contribution in [0.2, 0.25) is 0 Å². The van der Waals surface area contributed by atoms with Gasteiger partial charge in [0.1, 0.15) is 5.54 Å². The fourth-order valence-electron chi connectivity index (χ4n) is 1.56. The number of amides is 2. The lowest BCUT2D eigenvalue weighted by Gasteiger charge is -2.25. The summed E-state index contributed by atoms with van der Waals surface area (Å²) in [6.07, 6.45) is 0. The Morgan fingerprint density at radius 3 is 2.50 bits per heavy atom. The van der Waals surface area contributed by atoms with Crippen LogP contribution in [0.15, 0.2) is 0 Å². The third-order valence-corrected chi connectivity index (χ3v) is 2.84. The van der Waals surface area contributed by atoms with Gasteiger partial charge in [-0.25, -0.2) is 0 Å². The summed E-state index contributed by atoms with van der Waals surface area (Å²) >= 11 is 0. The van der Waals surface area contributed by atoms with Crippen LogP contribution in [-0.2, 0) is 14.3 Å².